The fourth-order valence-corrected chi connectivity index (χ4v) is 2.88. The summed E-state index contributed by atoms with van der Waals surface area (Å²) in [6.07, 6.45) is 11.0. The van der Waals surface area contributed by atoms with Crippen molar-refractivity contribution in [2.75, 3.05) is 13.1 Å². The van der Waals surface area contributed by atoms with Crippen molar-refractivity contribution >= 4 is 5.91 Å². The molecule has 0 aromatic carbocycles. The number of rotatable bonds is 3. The minimum atomic E-state index is -0.106. The summed E-state index contributed by atoms with van der Waals surface area (Å²) in [4.78, 5) is 14.0. The van der Waals surface area contributed by atoms with Gasteiger partial charge in [-0.15, -0.1) is 0 Å². The quantitative estimate of drug-likeness (QED) is 0.626. The van der Waals surface area contributed by atoms with Crippen molar-refractivity contribution in [2.24, 2.45) is 0 Å². The molecule has 0 spiro atoms. The predicted molar refractivity (Wildman–Crippen MR) is 74.1 cm³/mol. The number of likely N-dealkylation sites (tertiary alicyclic amines) is 1. The van der Waals surface area contributed by atoms with Gasteiger partial charge in [0.05, 0.1) is 0 Å². The molecule has 2 aliphatic rings. The summed E-state index contributed by atoms with van der Waals surface area (Å²) < 4.78 is 0. The van der Waals surface area contributed by atoms with E-state index in [4.69, 9.17) is 5.26 Å². The van der Waals surface area contributed by atoms with Crippen LogP contribution in [0.25, 0.3) is 0 Å². The third-order valence-corrected chi connectivity index (χ3v) is 4.06. The number of nitriles is 1. The fourth-order valence-electron chi connectivity index (χ4n) is 2.88. The predicted octanol–water partition coefficient (Wildman–Crippen LogP) is 2.33. The van der Waals surface area contributed by atoms with Crippen molar-refractivity contribution in [1.82, 2.24) is 10.2 Å². The first kappa shape index (κ1) is 13.9. The van der Waals surface area contributed by atoms with E-state index in [0.29, 0.717) is 6.04 Å². The van der Waals surface area contributed by atoms with Gasteiger partial charge in [-0.25, -0.2) is 0 Å². The molecule has 0 atom stereocenters. The van der Waals surface area contributed by atoms with Crippen LogP contribution >= 0.6 is 0 Å². The van der Waals surface area contributed by atoms with E-state index in [1.54, 1.807) is 11.1 Å². The van der Waals surface area contributed by atoms with Crippen molar-refractivity contribution in [3.05, 3.63) is 11.8 Å². The van der Waals surface area contributed by atoms with Crippen LogP contribution in [0.4, 0.5) is 0 Å². The third kappa shape index (κ3) is 3.99. The minimum Gasteiger partial charge on any atom is -0.387 e. The molecule has 1 heterocycles. The summed E-state index contributed by atoms with van der Waals surface area (Å²) in [5.74, 6) is -0.106. The van der Waals surface area contributed by atoms with E-state index in [2.05, 4.69) is 5.32 Å². The molecule has 19 heavy (non-hydrogen) atoms. The molecule has 1 aliphatic carbocycles. The van der Waals surface area contributed by atoms with Gasteiger partial charge in [-0.3, -0.25) is 4.79 Å². The SMILES string of the molecule is N#C/C(=C/NC1CCCCC1)C(=O)N1CCCCC1. The Labute approximate surface area is 115 Å². The molecule has 1 saturated heterocycles. The van der Waals surface area contributed by atoms with Crippen molar-refractivity contribution < 1.29 is 4.79 Å². The maximum Gasteiger partial charge on any atom is 0.265 e. The van der Waals surface area contributed by atoms with Gasteiger partial charge in [0.1, 0.15) is 11.6 Å². The van der Waals surface area contributed by atoms with Crippen LogP contribution in [-0.4, -0.2) is 29.9 Å². The van der Waals surface area contributed by atoms with Crippen molar-refractivity contribution in [3.63, 3.8) is 0 Å². The normalized spacial score (nSPS) is 21.8. The number of piperidine rings is 1. The lowest BCUT2D eigenvalue weighted by Crippen LogP contribution is -2.37. The van der Waals surface area contributed by atoms with E-state index in [1.807, 2.05) is 6.07 Å². The molecule has 4 nitrogen and oxygen atoms in total. The summed E-state index contributed by atoms with van der Waals surface area (Å²) in [6.45, 7) is 1.59. The second-order valence-corrected chi connectivity index (χ2v) is 5.52. The number of hydrogen-bond acceptors (Lipinski definition) is 3. The van der Waals surface area contributed by atoms with Crippen LogP contribution in [0.3, 0.4) is 0 Å². The van der Waals surface area contributed by atoms with Gasteiger partial charge < -0.3 is 10.2 Å². The number of amides is 1. The molecular weight excluding hydrogens is 238 g/mol. The Bertz CT molecular complexity index is 371. The summed E-state index contributed by atoms with van der Waals surface area (Å²) in [5, 5.41) is 12.4. The largest absolute Gasteiger partial charge is 0.387 e. The lowest BCUT2D eigenvalue weighted by molar-refractivity contribution is -0.127. The van der Waals surface area contributed by atoms with Crippen LogP contribution in [0.5, 0.6) is 0 Å². The maximum atomic E-state index is 12.2. The molecule has 0 aromatic rings. The van der Waals surface area contributed by atoms with Gasteiger partial charge >= 0.3 is 0 Å². The van der Waals surface area contributed by atoms with Gasteiger partial charge in [0.2, 0.25) is 0 Å². The Morgan fingerprint density at radius 1 is 1.11 bits per heavy atom. The highest BCUT2D eigenvalue weighted by atomic mass is 16.2. The van der Waals surface area contributed by atoms with Crippen LogP contribution in [0.15, 0.2) is 11.8 Å². The molecule has 0 radical (unpaired) electrons. The number of hydrogen-bond donors (Lipinski definition) is 1. The van der Waals surface area contributed by atoms with Crippen molar-refractivity contribution in [2.45, 2.75) is 57.4 Å². The molecule has 0 aromatic heterocycles. The molecule has 1 N–H and O–H groups in total. The van der Waals surface area contributed by atoms with Crippen LogP contribution in [0.2, 0.25) is 0 Å². The molecule has 1 saturated carbocycles. The van der Waals surface area contributed by atoms with Crippen molar-refractivity contribution in [3.8, 4) is 6.07 Å². The Morgan fingerprint density at radius 2 is 1.74 bits per heavy atom. The summed E-state index contributed by atoms with van der Waals surface area (Å²) in [6, 6.07) is 2.48. The summed E-state index contributed by atoms with van der Waals surface area (Å²) in [5.41, 5.74) is 0.257. The molecule has 4 heteroatoms. The lowest BCUT2D eigenvalue weighted by atomic mass is 9.96. The first-order chi connectivity index (χ1) is 9.31. The van der Waals surface area contributed by atoms with Gasteiger partial charge in [0.15, 0.2) is 0 Å². The minimum absolute atomic E-state index is 0.106. The second kappa shape index (κ2) is 7.18. The fraction of sp³-hybridized carbons (Fsp3) is 0.733. The zero-order chi connectivity index (χ0) is 13.5. The van der Waals surface area contributed by atoms with Gasteiger partial charge in [-0.1, -0.05) is 19.3 Å². The highest BCUT2D eigenvalue weighted by molar-refractivity contribution is 5.97. The zero-order valence-corrected chi connectivity index (χ0v) is 11.5. The molecule has 2 rings (SSSR count). The first-order valence-electron chi connectivity index (χ1n) is 7.47. The van der Waals surface area contributed by atoms with Gasteiger partial charge in [-0.05, 0) is 32.1 Å². The van der Waals surface area contributed by atoms with E-state index in [1.165, 1.54) is 25.7 Å². The zero-order valence-electron chi connectivity index (χ0n) is 11.5. The van der Waals surface area contributed by atoms with E-state index in [-0.39, 0.29) is 11.5 Å². The van der Waals surface area contributed by atoms with Gasteiger partial charge in [0.25, 0.3) is 5.91 Å². The molecule has 0 unspecified atom stereocenters. The Hall–Kier alpha value is -1.50. The summed E-state index contributed by atoms with van der Waals surface area (Å²) in [7, 11) is 0. The number of nitrogens with zero attached hydrogens (tertiary/aromatic N) is 2. The molecule has 0 bridgehead atoms. The summed E-state index contributed by atoms with van der Waals surface area (Å²) >= 11 is 0. The lowest BCUT2D eigenvalue weighted by Gasteiger charge is -2.27. The van der Waals surface area contributed by atoms with E-state index in [9.17, 15) is 4.79 Å². The Morgan fingerprint density at radius 3 is 2.37 bits per heavy atom. The molecule has 1 amide bonds. The number of carbonyl (C=O) groups excluding carboxylic acids is 1. The van der Waals surface area contributed by atoms with Gasteiger partial charge in [0, 0.05) is 25.3 Å². The maximum absolute atomic E-state index is 12.2. The Kier molecular flexibility index (Phi) is 5.26. The second-order valence-electron chi connectivity index (χ2n) is 5.52. The van der Waals surface area contributed by atoms with Crippen LogP contribution in [0.1, 0.15) is 51.4 Å². The first-order valence-corrected chi connectivity index (χ1v) is 7.47. The number of carbonyl (C=O) groups is 1. The smallest absolute Gasteiger partial charge is 0.265 e. The van der Waals surface area contributed by atoms with E-state index in [0.717, 1.165) is 38.8 Å². The third-order valence-electron chi connectivity index (χ3n) is 4.06. The average Bonchev–Trinajstić information content (AvgIpc) is 2.49. The van der Waals surface area contributed by atoms with Crippen molar-refractivity contribution in [1.29, 1.82) is 5.26 Å². The van der Waals surface area contributed by atoms with Crippen LogP contribution in [-0.2, 0) is 4.79 Å². The Balaban J connectivity index is 1.90. The molecule has 1 aliphatic heterocycles. The highest BCUT2D eigenvalue weighted by Gasteiger charge is 2.20. The monoisotopic (exact) mass is 261 g/mol. The topological polar surface area (TPSA) is 56.1 Å². The van der Waals surface area contributed by atoms with Crippen LogP contribution in [0, 0.1) is 11.3 Å². The molecule has 2 fully saturated rings. The van der Waals surface area contributed by atoms with E-state index < -0.39 is 0 Å². The average molecular weight is 261 g/mol. The highest BCUT2D eigenvalue weighted by Crippen LogP contribution is 2.18. The standard InChI is InChI=1S/C15H23N3O/c16-11-13(12-17-14-7-3-1-4-8-14)15(19)18-9-5-2-6-10-18/h12,14,17H,1-10H2/b13-12-. The van der Waals surface area contributed by atoms with Gasteiger partial charge in [-0.2, -0.15) is 5.26 Å². The molecular formula is C15H23N3O. The van der Waals surface area contributed by atoms with E-state index >= 15 is 0 Å². The number of nitrogens with one attached hydrogen (secondary N) is 1. The van der Waals surface area contributed by atoms with Crippen LogP contribution < -0.4 is 5.32 Å². The molecule has 104 valence electrons.